The standard InChI is InChI=1S/C18H29N3O/c1-8-14(10-19)15(9-16(2,3)12-20)18(6,7)11-17(4,5)13-21-22/h8,13-15,22H,1,9,11H2,2-7H3/b21-13+. The smallest absolute Gasteiger partial charge is 0.0700 e. The van der Waals surface area contributed by atoms with E-state index in [9.17, 15) is 10.5 Å². The minimum Gasteiger partial charge on any atom is -0.411 e. The first-order valence-electron chi connectivity index (χ1n) is 7.57. The van der Waals surface area contributed by atoms with Crippen molar-refractivity contribution in [3.63, 3.8) is 0 Å². The van der Waals surface area contributed by atoms with Gasteiger partial charge in [0.05, 0.1) is 23.5 Å². The van der Waals surface area contributed by atoms with Gasteiger partial charge in [-0.2, -0.15) is 10.5 Å². The van der Waals surface area contributed by atoms with Crippen LogP contribution in [-0.2, 0) is 0 Å². The highest BCUT2D eigenvalue weighted by Crippen LogP contribution is 2.46. The van der Waals surface area contributed by atoms with Gasteiger partial charge in [-0.1, -0.05) is 33.8 Å². The molecule has 22 heavy (non-hydrogen) atoms. The Labute approximate surface area is 135 Å². The molecule has 0 saturated carbocycles. The summed E-state index contributed by atoms with van der Waals surface area (Å²) in [5.74, 6) is -0.319. The lowest BCUT2D eigenvalue weighted by atomic mass is 9.61. The van der Waals surface area contributed by atoms with E-state index in [0.717, 1.165) is 6.42 Å². The van der Waals surface area contributed by atoms with Gasteiger partial charge < -0.3 is 5.21 Å². The van der Waals surface area contributed by atoms with Crippen LogP contribution in [0.2, 0.25) is 0 Å². The van der Waals surface area contributed by atoms with Gasteiger partial charge in [0.2, 0.25) is 0 Å². The highest BCUT2D eigenvalue weighted by Gasteiger charge is 2.41. The molecule has 0 aliphatic heterocycles. The fourth-order valence-electron chi connectivity index (χ4n) is 3.30. The van der Waals surface area contributed by atoms with Crippen LogP contribution in [0.1, 0.15) is 54.4 Å². The number of nitriles is 2. The summed E-state index contributed by atoms with van der Waals surface area (Å²) in [5.41, 5.74) is -1.02. The molecule has 0 aliphatic rings. The van der Waals surface area contributed by atoms with Crippen molar-refractivity contribution in [1.82, 2.24) is 0 Å². The fraction of sp³-hybridized carbons (Fsp3) is 0.722. The second-order valence-electron chi connectivity index (χ2n) is 8.10. The van der Waals surface area contributed by atoms with Crippen LogP contribution in [0.25, 0.3) is 0 Å². The van der Waals surface area contributed by atoms with Crippen LogP contribution in [0, 0.1) is 50.7 Å². The molecule has 1 N–H and O–H groups in total. The van der Waals surface area contributed by atoms with Crippen LogP contribution >= 0.6 is 0 Å². The zero-order chi connectivity index (χ0) is 17.6. The Hall–Kier alpha value is -1.81. The summed E-state index contributed by atoms with van der Waals surface area (Å²) < 4.78 is 0. The number of hydrogen-bond donors (Lipinski definition) is 1. The highest BCUT2D eigenvalue weighted by molar-refractivity contribution is 5.63. The maximum absolute atomic E-state index is 9.46. The summed E-state index contributed by atoms with van der Waals surface area (Å²) in [6.07, 6.45) is 4.55. The quantitative estimate of drug-likeness (QED) is 0.303. The highest BCUT2D eigenvalue weighted by atomic mass is 16.4. The molecule has 4 nitrogen and oxygen atoms in total. The largest absolute Gasteiger partial charge is 0.411 e. The molecule has 2 atom stereocenters. The number of oxime groups is 1. The molecule has 0 aliphatic carbocycles. The Balaban J connectivity index is 5.62. The minimum absolute atomic E-state index is 0.00369. The molecule has 0 bridgehead atoms. The predicted octanol–water partition coefficient (Wildman–Crippen LogP) is 4.77. The monoisotopic (exact) mass is 303 g/mol. The molecule has 0 rings (SSSR count). The second kappa shape index (κ2) is 7.45. The topological polar surface area (TPSA) is 80.2 Å². The van der Waals surface area contributed by atoms with Gasteiger partial charge in [-0.15, -0.1) is 11.7 Å². The molecule has 0 fully saturated rings. The molecule has 0 aromatic carbocycles. The molecule has 0 aromatic rings. The predicted molar refractivity (Wildman–Crippen MR) is 89.3 cm³/mol. The van der Waals surface area contributed by atoms with Crippen molar-refractivity contribution >= 4 is 6.21 Å². The van der Waals surface area contributed by atoms with E-state index in [1.54, 1.807) is 6.08 Å². The van der Waals surface area contributed by atoms with E-state index in [2.05, 4.69) is 37.7 Å². The molecule has 0 amide bonds. The van der Waals surface area contributed by atoms with Gasteiger partial charge in [0.1, 0.15) is 0 Å². The van der Waals surface area contributed by atoms with Crippen molar-refractivity contribution in [3.05, 3.63) is 12.7 Å². The molecule has 0 spiro atoms. The van der Waals surface area contributed by atoms with Gasteiger partial charge in [0.15, 0.2) is 0 Å². The van der Waals surface area contributed by atoms with Crippen molar-refractivity contribution in [2.45, 2.75) is 54.4 Å². The van der Waals surface area contributed by atoms with E-state index in [-0.39, 0.29) is 22.7 Å². The maximum atomic E-state index is 9.46. The lowest BCUT2D eigenvalue weighted by Gasteiger charge is -2.42. The Morgan fingerprint density at radius 2 is 1.73 bits per heavy atom. The number of rotatable bonds is 8. The molecule has 0 heterocycles. The first-order chi connectivity index (χ1) is 9.94. The van der Waals surface area contributed by atoms with Crippen LogP contribution in [-0.4, -0.2) is 11.4 Å². The third kappa shape index (κ3) is 5.90. The fourth-order valence-corrected chi connectivity index (χ4v) is 3.30. The average molecular weight is 303 g/mol. The molecule has 0 radical (unpaired) electrons. The van der Waals surface area contributed by atoms with Crippen LogP contribution in [0.5, 0.6) is 0 Å². The van der Waals surface area contributed by atoms with Crippen molar-refractivity contribution in [2.75, 3.05) is 0 Å². The molecular weight excluding hydrogens is 274 g/mol. The van der Waals surface area contributed by atoms with E-state index in [1.165, 1.54) is 6.21 Å². The maximum Gasteiger partial charge on any atom is 0.0700 e. The summed E-state index contributed by atoms with van der Waals surface area (Å²) >= 11 is 0. The van der Waals surface area contributed by atoms with E-state index < -0.39 is 5.41 Å². The Kier molecular flexibility index (Phi) is 6.84. The molecular formula is C18H29N3O. The second-order valence-corrected chi connectivity index (χ2v) is 8.10. The first kappa shape index (κ1) is 20.2. The van der Waals surface area contributed by atoms with Gasteiger partial charge in [-0.3, -0.25) is 0 Å². The summed E-state index contributed by atoms with van der Waals surface area (Å²) in [5, 5.41) is 30.8. The summed E-state index contributed by atoms with van der Waals surface area (Å²) in [4.78, 5) is 0. The molecule has 0 aromatic heterocycles. The van der Waals surface area contributed by atoms with Gasteiger partial charge in [-0.25, -0.2) is 0 Å². The van der Waals surface area contributed by atoms with Crippen molar-refractivity contribution in [2.24, 2.45) is 33.2 Å². The van der Waals surface area contributed by atoms with Gasteiger partial charge in [0.25, 0.3) is 0 Å². The lowest BCUT2D eigenvalue weighted by molar-refractivity contribution is 0.101. The molecule has 122 valence electrons. The van der Waals surface area contributed by atoms with Crippen LogP contribution in [0.15, 0.2) is 17.8 Å². The van der Waals surface area contributed by atoms with Gasteiger partial charge in [0, 0.05) is 11.6 Å². The van der Waals surface area contributed by atoms with Crippen molar-refractivity contribution < 1.29 is 5.21 Å². The molecule has 0 saturated heterocycles. The van der Waals surface area contributed by atoms with E-state index in [4.69, 9.17) is 5.21 Å². The Bertz CT molecular complexity index is 489. The number of allylic oxidation sites excluding steroid dienone is 1. The van der Waals surface area contributed by atoms with Crippen molar-refractivity contribution in [3.8, 4) is 12.1 Å². The number of hydrogen-bond acceptors (Lipinski definition) is 4. The SMILES string of the molecule is C=CC(C#N)C(CC(C)(C)C#N)C(C)(C)CC(C)(C)/C=N/O. The zero-order valence-corrected chi connectivity index (χ0v) is 14.7. The first-order valence-corrected chi connectivity index (χ1v) is 7.57. The Morgan fingerprint density at radius 3 is 2.09 bits per heavy atom. The van der Waals surface area contributed by atoms with E-state index in [0.29, 0.717) is 6.42 Å². The van der Waals surface area contributed by atoms with Crippen LogP contribution in [0.4, 0.5) is 0 Å². The minimum atomic E-state index is -0.505. The summed E-state index contributed by atoms with van der Waals surface area (Å²) in [6, 6.07) is 4.64. The van der Waals surface area contributed by atoms with Gasteiger partial charge >= 0.3 is 0 Å². The van der Waals surface area contributed by atoms with E-state index >= 15 is 0 Å². The van der Waals surface area contributed by atoms with Crippen LogP contribution < -0.4 is 0 Å². The summed E-state index contributed by atoms with van der Waals surface area (Å²) in [6.45, 7) is 15.8. The third-order valence-corrected chi connectivity index (χ3v) is 4.19. The number of nitrogens with zero attached hydrogens (tertiary/aromatic N) is 3. The molecule has 4 heteroatoms. The van der Waals surface area contributed by atoms with E-state index in [1.807, 2.05) is 27.7 Å². The molecule has 2 unspecified atom stereocenters. The Morgan fingerprint density at radius 1 is 1.18 bits per heavy atom. The normalized spacial score (nSPS) is 15.8. The third-order valence-electron chi connectivity index (χ3n) is 4.19. The lowest BCUT2D eigenvalue weighted by Crippen LogP contribution is -2.37. The van der Waals surface area contributed by atoms with Crippen LogP contribution in [0.3, 0.4) is 0 Å². The summed E-state index contributed by atoms with van der Waals surface area (Å²) in [7, 11) is 0. The van der Waals surface area contributed by atoms with Gasteiger partial charge in [-0.05, 0) is 38.0 Å². The average Bonchev–Trinajstić information content (AvgIpc) is 2.37. The zero-order valence-electron chi connectivity index (χ0n) is 14.7. The van der Waals surface area contributed by atoms with Crippen molar-refractivity contribution in [1.29, 1.82) is 10.5 Å².